The lowest BCUT2D eigenvalue weighted by Crippen LogP contribution is -2.43. The number of alkyl halides is 6. The van der Waals surface area contributed by atoms with Crippen molar-refractivity contribution in [2.24, 2.45) is 10.7 Å². The second-order valence-corrected chi connectivity index (χ2v) is 11.3. The van der Waals surface area contributed by atoms with Crippen molar-refractivity contribution in [3.05, 3.63) is 76.4 Å². The minimum absolute atomic E-state index is 0.0732. The van der Waals surface area contributed by atoms with Gasteiger partial charge in [-0.1, -0.05) is 30.0 Å². The molecule has 0 spiro atoms. The molecule has 2 N–H and O–H groups in total. The van der Waals surface area contributed by atoms with Crippen molar-refractivity contribution in [1.82, 2.24) is 24.6 Å². The molecule has 9 nitrogen and oxygen atoms in total. The van der Waals surface area contributed by atoms with Gasteiger partial charge in [0.1, 0.15) is 5.82 Å². The highest BCUT2D eigenvalue weighted by atomic mass is 32.2. The van der Waals surface area contributed by atoms with Crippen LogP contribution in [0.25, 0.3) is 0 Å². The number of halogens is 7. The number of thioether (sulfide) groups is 1. The van der Waals surface area contributed by atoms with Crippen LogP contribution in [0.15, 0.2) is 52.6 Å². The molecule has 0 aliphatic carbocycles. The van der Waals surface area contributed by atoms with Crippen LogP contribution in [0.5, 0.6) is 0 Å². The molecule has 0 saturated heterocycles. The number of amides is 2. The van der Waals surface area contributed by atoms with Gasteiger partial charge in [-0.05, 0) is 54.5 Å². The molecule has 0 unspecified atom stereocenters. The lowest BCUT2D eigenvalue weighted by atomic mass is 9.84. The van der Waals surface area contributed by atoms with Gasteiger partial charge < -0.3 is 15.2 Å². The molecule has 5 rings (SSSR count). The summed E-state index contributed by atoms with van der Waals surface area (Å²) in [5.74, 6) is -2.36. The van der Waals surface area contributed by atoms with E-state index in [0.717, 1.165) is 35.2 Å². The van der Waals surface area contributed by atoms with E-state index in [1.165, 1.54) is 28.8 Å². The number of carbonyl (C=O) groups is 2. The van der Waals surface area contributed by atoms with Crippen molar-refractivity contribution in [2.45, 2.75) is 61.9 Å². The molecule has 0 saturated carbocycles. The molecule has 2 aliphatic rings. The van der Waals surface area contributed by atoms with Gasteiger partial charge in [-0.2, -0.15) is 26.3 Å². The fourth-order valence-electron chi connectivity index (χ4n) is 5.47. The van der Waals surface area contributed by atoms with E-state index in [9.17, 15) is 40.3 Å². The number of aromatic nitrogens is 3. The Morgan fingerprint density at radius 1 is 1.04 bits per heavy atom. The monoisotopic (exact) mass is 657 g/mol. The van der Waals surface area contributed by atoms with Gasteiger partial charge in [0, 0.05) is 19.5 Å². The van der Waals surface area contributed by atoms with Gasteiger partial charge in [-0.3, -0.25) is 14.5 Å². The number of carbonyl (C=O) groups excluding carboxylic acids is 2. The molecule has 3 heterocycles. The second-order valence-electron chi connectivity index (χ2n) is 10.6. The number of aliphatic imine (C=N–C) groups is 1. The lowest BCUT2D eigenvalue weighted by Gasteiger charge is -2.29. The third-order valence-corrected chi connectivity index (χ3v) is 8.32. The van der Waals surface area contributed by atoms with E-state index in [2.05, 4.69) is 15.2 Å². The zero-order valence-electron chi connectivity index (χ0n) is 23.6. The predicted octanol–water partition coefficient (Wildman–Crippen LogP) is 5.10. The van der Waals surface area contributed by atoms with Gasteiger partial charge in [-0.25, -0.2) is 9.38 Å². The van der Waals surface area contributed by atoms with Crippen LogP contribution < -0.4 is 5.73 Å². The molecular formula is C28H26F7N7O2S. The van der Waals surface area contributed by atoms with Crippen LogP contribution in [0.1, 0.15) is 52.1 Å². The van der Waals surface area contributed by atoms with Crippen LogP contribution in [0.2, 0.25) is 0 Å². The van der Waals surface area contributed by atoms with Crippen LogP contribution in [0.3, 0.4) is 0 Å². The highest BCUT2D eigenvalue weighted by Crippen LogP contribution is 2.40. The standard InChI is InChI=1S/C28H26F7N7O2S/c1-45-25-39-38-21-15-40(11-12-41(21)25)22(43)19-13-16(3-8-20(19)28(33,34)35)14-42-23(44)26(37-24(42)36,9-2-10-27(30,31)32)17-4-6-18(29)7-5-17/h3-8,13H,2,9-12,14-15H2,1H3,(H2,36,37)/t26-/m1/s1. The lowest BCUT2D eigenvalue weighted by molar-refractivity contribution is -0.139. The zero-order valence-corrected chi connectivity index (χ0v) is 24.4. The Kier molecular flexibility index (Phi) is 8.59. The minimum Gasteiger partial charge on any atom is -0.369 e. The highest BCUT2D eigenvalue weighted by Gasteiger charge is 2.49. The molecular weight excluding hydrogens is 631 g/mol. The Morgan fingerprint density at radius 3 is 2.40 bits per heavy atom. The van der Waals surface area contributed by atoms with E-state index >= 15 is 0 Å². The molecule has 0 radical (unpaired) electrons. The number of nitrogens with two attached hydrogens (primary N) is 1. The summed E-state index contributed by atoms with van der Waals surface area (Å²) in [5.41, 5.74) is 2.52. The van der Waals surface area contributed by atoms with Gasteiger partial charge in [0.25, 0.3) is 11.8 Å². The van der Waals surface area contributed by atoms with Crippen LogP contribution in [-0.2, 0) is 36.1 Å². The first-order valence-electron chi connectivity index (χ1n) is 13.6. The van der Waals surface area contributed by atoms with Crippen LogP contribution >= 0.6 is 11.8 Å². The van der Waals surface area contributed by atoms with Crippen molar-refractivity contribution in [1.29, 1.82) is 0 Å². The molecule has 2 aliphatic heterocycles. The van der Waals surface area contributed by atoms with Gasteiger partial charge in [0.2, 0.25) is 0 Å². The van der Waals surface area contributed by atoms with Crippen LogP contribution in [0.4, 0.5) is 30.7 Å². The number of hydrogen-bond donors (Lipinski definition) is 1. The maximum absolute atomic E-state index is 14.0. The normalized spacial score (nSPS) is 18.8. The maximum atomic E-state index is 14.0. The summed E-state index contributed by atoms with van der Waals surface area (Å²) < 4.78 is 96.4. The van der Waals surface area contributed by atoms with Crippen molar-refractivity contribution in [3.63, 3.8) is 0 Å². The number of hydrogen-bond acceptors (Lipinski definition) is 7. The molecule has 0 fully saturated rings. The largest absolute Gasteiger partial charge is 0.417 e. The van der Waals surface area contributed by atoms with Crippen LogP contribution in [0, 0.1) is 5.82 Å². The van der Waals surface area contributed by atoms with E-state index in [-0.39, 0.29) is 36.7 Å². The quantitative estimate of drug-likeness (QED) is 0.267. The summed E-state index contributed by atoms with van der Waals surface area (Å²) in [5, 5.41) is 8.66. The molecule has 2 aromatic carbocycles. The fourth-order valence-corrected chi connectivity index (χ4v) is 6.01. The number of rotatable bonds is 8. The van der Waals surface area contributed by atoms with Gasteiger partial charge >= 0.3 is 12.4 Å². The summed E-state index contributed by atoms with van der Waals surface area (Å²) in [4.78, 5) is 33.7. The zero-order chi connectivity index (χ0) is 32.7. The van der Waals surface area contributed by atoms with E-state index in [1.54, 1.807) is 10.8 Å². The molecule has 0 bridgehead atoms. The Morgan fingerprint density at radius 2 is 1.76 bits per heavy atom. The van der Waals surface area contributed by atoms with E-state index in [1.807, 2.05) is 0 Å². The predicted molar refractivity (Wildman–Crippen MR) is 148 cm³/mol. The van der Waals surface area contributed by atoms with Crippen molar-refractivity contribution < 1.29 is 40.3 Å². The highest BCUT2D eigenvalue weighted by molar-refractivity contribution is 7.98. The smallest absolute Gasteiger partial charge is 0.369 e. The van der Waals surface area contributed by atoms with Crippen molar-refractivity contribution >= 4 is 29.5 Å². The minimum atomic E-state index is -4.88. The molecule has 2 amide bonds. The van der Waals surface area contributed by atoms with E-state index in [0.29, 0.717) is 11.0 Å². The Hall–Kier alpha value is -4.15. The topological polar surface area (TPSA) is 110 Å². The van der Waals surface area contributed by atoms with Gasteiger partial charge in [0.15, 0.2) is 22.5 Å². The summed E-state index contributed by atoms with van der Waals surface area (Å²) >= 11 is 1.34. The maximum Gasteiger partial charge on any atom is 0.417 e. The number of benzene rings is 2. The third-order valence-electron chi connectivity index (χ3n) is 7.65. The number of nitrogens with zero attached hydrogens (tertiary/aromatic N) is 6. The first kappa shape index (κ1) is 32.2. The van der Waals surface area contributed by atoms with E-state index in [4.69, 9.17) is 5.73 Å². The molecule has 45 heavy (non-hydrogen) atoms. The first-order chi connectivity index (χ1) is 21.1. The van der Waals surface area contributed by atoms with Crippen molar-refractivity contribution in [3.8, 4) is 0 Å². The average Bonchev–Trinajstić information content (AvgIpc) is 3.49. The van der Waals surface area contributed by atoms with Gasteiger partial charge in [-0.15, -0.1) is 10.2 Å². The summed E-state index contributed by atoms with van der Waals surface area (Å²) in [6.45, 7) is -0.127. The fraction of sp³-hybridized carbons (Fsp3) is 0.393. The summed E-state index contributed by atoms with van der Waals surface area (Å²) in [6.07, 6.45) is -9.73. The number of guanidine groups is 1. The second kappa shape index (κ2) is 12.0. The average molecular weight is 658 g/mol. The molecule has 240 valence electrons. The Bertz CT molecular complexity index is 1640. The van der Waals surface area contributed by atoms with Crippen LogP contribution in [-0.4, -0.2) is 61.3 Å². The first-order valence-corrected chi connectivity index (χ1v) is 14.8. The molecule has 3 aromatic rings. The molecule has 1 aromatic heterocycles. The van der Waals surface area contributed by atoms with Gasteiger partial charge in [0.05, 0.1) is 24.2 Å². The Labute approximate surface area is 256 Å². The third kappa shape index (κ3) is 6.48. The van der Waals surface area contributed by atoms with Crippen molar-refractivity contribution in [2.75, 3.05) is 12.8 Å². The summed E-state index contributed by atoms with van der Waals surface area (Å²) in [6, 6.07) is 7.32. The van der Waals surface area contributed by atoms with E-state index < -0.39 is 72.5 Å². The molecule has 1 atom stereocenters. The number of fused-ring (bicyclic) bond motifs is 1. The summed E-state index contributed by atoms with van der Waals surface area (Å²) in [7, 11) is 0. The SMILES string of the molecule is CSc1nnc2n1CCN(C(=O)c1cc(CN3C(=O)[C@@](CCCC(F)(F)F)(c4ccc(F)cc4)N=C3N)ccc1C(F)(F)F)C2. The Balaban J connectivity index is 1.44. The molecule has 17 heteroatoms.